The highest BCUT2D eigenvalue weighted by molar-refractivity contribution is 6.42. The lowest BCUT2D eigenvalue weighted by molar-refractivity contribution is 0.201. The van der Waals surface area contributed by atoms with Crippen LogP contribution in [0.25, 0.3) is 0 Å². The van der Waals surface area contributed by atoms with Crippen molar-refractivity contribution in [3.05, 3.63) is 78.1 Å². The maximum absolute atomic E-state index is 13.6. The molecule has 8 nitrogen and oxygen atoms in total. The third-order valence-corrected chi connectivity index (χ3v) is 6.74. The third kappa shape index (κ3) is 4.40. The maximum Gasteiger partial charge on any atom is 0.332 e. The van der Waals surface area contributed by atoms with E-state index in [1.807, 2.05) is 7.85 Å². The second-order valence-electron chi connectivity index (χ2n) is 8.03. The van der Waals surface area contributed by atoms with Gasteiger partial charge in [0.2, 0.25) is 0 Å². The van der Waals surface area contributed by atoms with E-state index in [4.69, 9.17) is 39.5 Å². The zero-order valence-corrected chi connectivity index (χ0v) is 21.2. The predicted molar refractivity (Wildman–Crippen MR) is 139 cm³/mol. The zero-order valence-electron chi connectivity index (χ0n) is 19.0. The van der Waals surface area contributed by atoms with Crippen molar-refractivity contribution in [3.8, 4) is 5.75 Å². The molecule has 0 fully saturated rings. The van der Waals surface area contributed by atoms with E-state index in [2.05, 4.69) is 4.98 Å². The van der Waals surface area contributed by atoms with E-state index >= 15 is 0 Å². The van der Waals surface area contributed by atoms with E-state index in [-0.39, 0.29) is 22.8 Å². The molecule has 0 spiro atoms. The van der Waals surface area contributed by atoms with Crippen LogP contribution < -0.4 is 25.8 Å². The average Bonchev–Trinajstić information content (AvgIpc) is 3.08. The highest BCUT2D eigenvalue weighted by atomic mass is 35.5. The number of anilines is 2. The van der Waals surface area contributed by atoms with Crippen molar-refractivity contribution in [1.29, 1.82) is 0 Å². The first kappa shape index (κ1) is 24.5. The molecule has 0 bridgehead atoms. The molecule has 0 radical (unpaired) electrons. The molecular formula is C22H23BCl3N5O3. The molecule has 0 aliphatic carbocycles. The van der Waals surface area contributed by atoms with Gasteiger partial charge in [-0.25, -0.2) is 4.79 Å². The summed E-state index contributed by atoms with van der Waals surface area (Å²) >= 11 is 18.6. The summed E-state index contributed by atoms with van der Waals surface area (Å²) < 4.78 is 9.02. The number of nitrogens with zero attached hydrogens (tertiary/aromatic N) is 5. The van der Waals surface area contributed by atoms with E-state index in [9.17, 15) is 9.59 Å². The summed E-state index contributed by atoms with van der Waals surface area (Å²) in [6.07, 6.45) is 2.32. The van der Waals surface area contributed by atoms with Crippen molar-refractivity contribution in [3.63, 3.8) is 0 Å². The molecule has 3 heterocycles. The van der Waals surface area contributed by atoms with Gasteiger partial charge in [-0.1, -0.05) is 47.2 Å². The first-order valence-corrected chi connectivity index (χ1v) is 11.9. The number of hydrogen-bond acceptors (Lipinski definition) is 6. The van der Waals surface area contributed by atoms with E-state index in [1.165, 1.54) is 9.13 Å². The molecule has 0 N–H and O–H groups in total. The van der Waals surface area contributed by atoms with Gasteiger partial charge in [-0.05, 0) is 30.7 Å². The van der Waals surface area contributed by atoms with Crippen molar-refractivity contribution in [1.82, 2.24) is 14.1 Å². The van der Waals surface area contributed by atoms with Crippen LogP contribution in [0.4, 0.5) is 11.5 Å². The smallest absolute Gasteiger partial charge is 0.332 e. The molecule has 1 atom stereocenters. The average molecular weight is 523 g/mol. The lowest BCUT2D eigenvalue weighted by atomic mass is 10.0. The van der Waals surface area contributed by atoms with E-state index in [0.717, 1.165) is 6.32 Å². The van der Waals surface area contributed by atoms with Crippen molar-refractivity contribution in [2.24, 2.45) is 7.05 Å². The van der Waals surface area contributed by atoms with Crippen LogP contribution in [-0.4, -0.2) is 35.4 Å². The van der Waals surface area contributed by atoms with Gasteiger partial charge in [0.25, 0.3) is 11.9 Å². The van der Waals surface area contributed by atoms with E-state index in [1.54, 1.807) is 60.4 Å². The summed E-state index contributed by atoms with van der Waals surface area (Å²) in [6.45, 7) is 0.566. The normalized spacial score (nSPS) is 15.0. The first-order valence-electron chi connectivity index (χ1n) is 10.8. The summed E-state index contributed by atoms with van der Waals surface area (Å²) in [5, 5.41) is 1.11. The Hall–Kier alpha value is -2.62. The van der Waals surface area contributed by atoms with Crippen LogP contribution in [0.2, 0.25) is 21.4 Å². The standard InChI is InChI=1S/C22H23BCl3N5O3/c1-28-19-18(20(32)30(21(28)33)10-4-9-23)31(12-14-8-7-13(24)11-27-14)22(29(19)2)34-16-6-3-5-15(25)17(16)26/h3,5-8,11,22H,4,9-10,12,23H2,1-2H3. The number of hydrogen-bond donors (Lipinski definition) is 0. The molecule has 0 amide bonds. The van der Waals surface area contributed by atoms with Gasteiger partial charge in [0.15, 0.2) is 0 Å². The number of benzene rings is 1. The molecular weight excluding hydrogens is 499 g/mol. The van der Waals surface area contributed by atoms with Crippen LogP contribution in [-0.2, 0) is 20.1 Å². The topological polar surface area (TPSA) is 72.6 Å². The number of rotatable bonds is 7. The fourth-order valence-electron chi connectivity index (χ4n) is 4.00. The Bertz CT molecular complexity index is 1330. The summed E-state index contributed by atoms with van der Waals surface area (Å²) in [6, 6.07) is 8.60. The van der Waals surface area contributed by atoms with Crippen molar-refractivity contribution in [2.45, 2.75) is 32.2 Å². The number of fused-ring (bicyclic) bond motifs is 1. The van der Waals surface area contributed by atoms with Gasteiger partial charge in [0, 0.05) is 26.8 Å². The van der Waals surface area contributed by atoms with Crippen LogP contribution in [0.15, 0.2) is 46.1 Å². The van der Waals surface area contributed by atoms with Gasteiger partial charge in [0.05, 0.1) is 22.3 Å². The molecule has 178 valence electrons. The highest BCUT2D eigenvalue weighted by Crippen LogP contribution is 2.39. The Morgan fingerprint density at radius 3 is 2.56 bits per heavy atom. The molecule has 0 saturated heterocycles. The minimum atomic E-state index is -0.788. The summed E-state index contributed by atoms with van der Waals surface area (Å²) in [4.78, 5) is 34.5. The Morgan fingerprint density at radius 1 is 1.12 bits per heavy atom. The van der Waals surface area contributed by atoms with Gasteiger partial charge < -0.3 is 14.5 Å². The highest BCUT2D eigenvalue weighted by Gasteiger charge is 2.41. The van der Waals surface area contributed by atoms with Crippen LogP contribution >= 0.6 is 34.8 Å². The molecule has 1 aliphatic heterocycles. The summed E-state index contributed by atoms with van der Waals surface area (Å²) in [5.74, 6) is 0.795. The van der Waals surface area contributed by atoms with Crippen LogP contribution in [0, 0.1) is 0 Å². The largest absolute Gasteiger partial charge is 0.450 e. The van der Waals surface area contributed by atoms with Gasteiger partial charge in [0.1, 0.15) is 30.1 Å². The van der Waals surface area contributed by atoms with Crippen molar-refractivity contribution in [2.75, 3.05) is 16.8 Å². The predicted octanol–water partition coefficient (Wildman–Crippen LogP) is 3.16. The number of ether oxygens (including phenoxy) is 1. The van der Waals surface area contributed by atoms with Gasteiger partial charge in [-0.2, -0.15) is 0 Å². The van der Waals surface area contributed by atoms with Crippen molar-refractivity contribution >= 4 is 54.2 Å². The molecule has 4 rings (SSSR count). The van der Waals surface area contributed by atoms with Crippen LogP contribution in [0.3, 0.4) is 0 Å². The molecule has 1 unspecified atom stereocenters. The maximum atomic E-state index is 13.6. The fraction of sp³-hybridized carbons (Fsp3) is 0.318. The lowest BCUT2D eigenvalue weighted by Gasteiger charge is -2.30. The molecule has 34 heavy (non-hydrogen) atoms. The molecule has 1 aromatic carbocycles. The first-order chi connectivity index (χ1) is 16.2. The monoisotopic (exact) mass is 521 g/mol. The van der Waals surface area contributed by atoms with E-state index in [0.29, 0.717) is 46.0 Å². The van der Waals surface area contributed by atoms with Gasteiger partial charge in [-0.15, -0.1) is 0 Å². The van der Waals surface area contributed by atoms with Crippen LogP contribution in [0.1, 0.15) is 12.1 Å². The minimum Gasteiger partial charge on any atom is -0.450 e. The Morgan fingerprint density at radius 2 is 1.88 bits per heavy atom. The van der Waals surface area contributed by atoms with E-state index < -0.39 is 6.35 Å². The summed E-state index contributed by atoms with van der Waals surface area (Å²) in [7, 11) is 5.41. The Kier molecular flexibility index (Phi) is 7.16. The molecule has 3 aromatic rings. The van der Waals surface area contributed by atoms with Gasteiger partial charge >= 0.3 is 5.69 Å². The summed E-state index contributed by atoms with van der Waals surface area (Å²) in [5.41, 5.74) is 0.260. The Labute approximate surface area is 212 Å². The third-order valence-electron chi connectivity index (χ3n) is 5.72. The second kappa shape index (κ2) is 9.94. The minimum absolute atomic E-state index is 0.235. The molecule has 2 aromatic heterocycles. The molecule has 1 aliphatic rings. The second-order valence-corrected chi connectivity index (χ2v) is 9.25. The molecule has 12 heteroatoms. The lowest BCUT2D eigenvalue weighted by Crippen LogP contribution is -2.46. The van der Waals surface area contributed by atoms with Gasteiger partial charge in [-0.3, -0.25) is 18.9 Å². The van der Waals surface area contributed by atoms with Crippen molar-refractivity contribution < 1.29 is 4.74 Å². The molecule has 0 saturated carbocycles. The van der Waals surface area contributed by atoms with Crippen LogP contribution in [0.5, 0.6) is 5.75 Å². The zero-order chi connectivity index (χ0) is 24.6. The fourth-order valence-corrected chi connectivity index (χ4v) is 4.44. The number of pyridine rings is 1. The number of halogens is 3. The quantitative estimate of drug-likeness (QED) is 0.444. The Balaban J connectivity index is 1.86. The SMILES string of the molecule is BCCCn1c(=O)c2c(n(C)c1=O)N(C)C(Oc1cccc(Cl)c1Cl)N2Cc1ccc(Cl)cn1. The number of aromatic nitrogens is 3.